The van der Waals surface area contributed by atoms with E-state index >= 15 is 0 Å². The van der Waals surface area contributed by atoms with Crippen LogP contribution in [0.3, 0.4) is 0 Å². The number of rotatable bonds is 3. The van der Waals surface area contributed by atoms with Crippen molar-refractivity contribution in [1.82, 2.24) is 0 Å². The summed E-state index contributed by atoms with van der Waals surface area (Å²) in [6, 6.07) is 6.24. The van der Waals surface area contributed by atoms with E-state index in [1.165, 1.54) is 12.1 Å². The second kappa shape index (κ2) is 4.00. The molecule has 0 fully saturated rings. The second-order valence-electron chi connectivity index (χ2n) is 2.86. The van der Waals surface area contributed by atoms with Gasteiger partial charge >= 0.3 is 8.56 Å². The third-order valence-corrected chi connectivity index (χ3v) is 5.09. The number of hydrogen-bond donors (Lipinski definition) is 0. The predicted molar refractivity (Wildman–Crippen MR) is 51.7 cm³/mol. The van der Waals surface area contributed by atoms with Crippen molar-refractivity contribution in [2.24, 2.45) is 0 Å². The maximum absolute atomic E-state index is 12.6. The van der Waals surface area contributed by atoms with Crippen LogP contribution in [0.2, 0.25) is 6.55 Å². The van der Waals surface area contributed by atoms with Crippen LogP contribution >= 0.6 is 0 Å². The molecule has 0 bridgehead atoms. The molecular weight excluding hydrogens is 187 g/mol. The van der Waals surface area contributed by atoms with E-state index < -0.39 is 8.56 Å². The molecular formula is C9H13FO2Si. The van der Waals surface area contributed by atoms with E-state index in [1.54, 1.807) is 26.4 Å². The summed E-state index contributed by atoms with van der Waals surface area (Å²) in [5.74, 6) is -0.243. The van der Waals surface area contributed by atoms with Gasteiger partial charge in [0.15, 0.2) is 0 Å². The Morgan fingerprint density at radius 3 is 1.92 bits per heavy atom. The van der Waals surface area contributed by atoms with Gasteiger partial charge < -0.3 is 8.85 Å². The van der Waals surface area contributed by atoms with Gasteiger partial charge in [0.2, 0.25) is 0 Å². The minimum Gasteiger partial charge on any atom is -0.394 e. The molecule has 1 aromatic rings. The van der Waals surface area contributed by atoms with Gasteiger partial charge in [0.1, 0.15) is 5.82 Å². The Morgan fingerprint density at radius 1 is 1.08 bits per heavy atom. The first kappa shape index (κ1) is 10.4. The first-order valence-corrected chi connectivity index (χ1v) is 6.30. The molecule has 72 valence electrons. The first-order valence-electron chi connectivity index (χ1n) is 3.99. The Morgan fingerprint density at radius 2 is 1.54 bits per heavy atom. The Labute approximate surface area is 78.5 Å². The van der Waals surface area contributed by atoms with Crippen LogP contribution in [0.5, 0.6) is 0 Å². The molecule has 0 aliphatic carbocycles. The van der Waals surface area contributed by atoms with Crippen molar-refractivity contribution in [3.8, 4) is 0 Å². The van der Waals surface area contributed by atoms with E-state index in [2.05, 4.69) is 0 Å². The van der Waals surface area contributed by atoms with E-state index in [0.29, 0.717) is 0 Å². The Balaban J connectivity index is 2.99. The van der Waals surface area contributed by atoms with Crippen molar-refractivity contribution in [3.05, 3.63) is 30.1 Å². The van der Waals surface area contributed by atoms with Crippen LogP contribution in [0.1, 0.15) is 0 Å². The second-order valence-corrected chi connectivity index (χ2v) is 6.15. The highest BCUT2D eigenvalue weighted by Gasteiger charge is 2.31. The molecule has 0 amide bonds. The monoisotopic (exact) mass is 200 g/mol. The molecule has 0 aromatic heterocycles. The Hall–Kier alpha value is -0.713. The molecule has 0 saturated heterocycles. The lowest BCUT2D eigenvalue weighted by Crippen LogP contribution is -2.49. The molecule has 0 heterocycles. The van der Waals surface area contributed by atoms with Crippen LogP contribution in [0.15, 0.2) is 24.3 Å². The zero-order valence-electron chi connectivity index (χ0n) is 8.00. The normalized spacial score (nSPS) is 11.7. The number of hydrogen-bond acceptors (Lipinski definition) is 2. The third kappa shape index (κ3) is 2.15. The van der Waals surface area contributed by atoms with Crippen molar-refractivity contribution >= 4 is 13.7 Å². The average molecular weight is 200 g/mol. The fraction of sp³-hybridized carbons (Fsp3) is 0.333. The molecule has 4 heteroatoms. The van der Waals surface area contributed by atoms with Gasteiger partial charge in [-0.2, -0.15) is 0 Å². The molecule has 0 saturated carbocycles. The SMILES string of the molecule is CO[Si](C)(OC)c1ccc(F)cc1. The third-order valence-electron chi connectivity index (χ3n) is 2.15. The van der Waals surface area contributed by atoms with Crippen molar-refractivity contribution in [2.75, 3.05) is 14.2 Å². The fourth-order valence-electron chi connectivity index (χ4n) is 1.07. The van der Waals surface area contributed by atoms with Gasteiger partial charge in [-0.25, -0.2) is 4.39 Å². The largest absolute Gasteiger partial charge is 0.394 e. The topological polar surface area (TPSA) is 18.5 Å². The Bertz CT molecular complexity index is 269. The maximum Gasteiger partial charge on any atom is 0.368 e. The van der Waals surface area contributed by atoms with E-state index in [9.17, 15) is 4.39 Å². The quantitative estimate of drug-likeness (QED) is 0.687. The summed E-state index contributed by atoms with van der Waals surface area (Å²) in [5.41, 5.74) is 0. The molecule has 13 heavy (non-hydrogen) atoms. The van der Waals surface area contributed by atoms with Crippen molar-refractivity contribution < 1.29 is 13.2 Å². The van der Waals surface area contributed by atoms with E-state index in [0.717, 1.165) is 5.19 Å². The van der Waals surface area contributed by atoms with E-state index in [1.807, 2.05) is 6.55 Å². The summed E-state index contributed by atoms with van der Waals surface area (Å²) in [7, 11) is 0.957. The lowest BCUT2D eigenvalue weighted by atomic mass is 10.3. The van der Waals surface area contributed by atoms with E-state index in [4.69, 9.17) is 8.85 Å². The highest BCUT2D eigenvalue weighted by atomic mass is 28.4. The van der Waals surface area contributed by atoms with Crippen LogP contribution in [-0.2, 0) is 8.85 Å². The van der Waals surface area contributed by atoms with Gasteiger partial charge in [-0.15, -0.1) is 0 Å². The highest BCUT2D eigenvalue weighted by molar-refractivity contribution is 6.79. The summed E-state index contributed by atoms with van der Waals surface area (Å²) in [6.07, 6.45) is 0. The van der Waals surface area contributed by atoms with Crippen molar-refractivity contribution in [2.45, 2.75) is 6.55 Å². The molecule has 0 aliphatic heterocycles. The van der Waals surface area contributed by atoms with Gasteiger partial charge in [-0.05, 0) is 23.9 Å². The van der Waals surface area contributed by atoms with Gasteiger partial charge in [-0.1, -0.05) is 12.1 Å². The van der Waals surface area contributed by atoms with Crippen molar-refractivity contribution in [1.29, 1.82) is 0 Å². The molecule has 0 radical (unpaired) electrons. The lowest BCUT2D eigenvalue weighted by molar-refractivity contribution is 0.265. The average Bonchev–Trinajstić information content (AvgIpc) is 2.18. The molecule has 1 rings (SSSR count). The maximum atomic E-state index is 12.6. The summed E-state index contributed by atoms with van der Waals surface area (Å²) in [5, 5.41) is 0.930. The van der Waals surface area contributed by atoms with Crippen LogP contribution in [0.25, 0.3) is 0 Å². The summed E-state index contributed by atoms with van der Waals surface area (Å²) < 4.78 is 23.2. The Kier molecular flexibility index (Phi) is 3.19. The minimum absolute atomic E-state index is 0.243. The highest BCUT2D eigenvalue weighted by Crippen LogP contribution is 2.05. The van der Waals surface area contributed by atoms with E-state index in [-0.39, 0.29) is 5.82 Å². The molecule has 0 spiro atoms. The van der Waals surface area contributed by atoms with Crippen LogP contribution in [-0.4, -0.2) is 22.8 Å². The molecule has 0 atom stereocenters. The van der Waals surface area contributed by atoms with Crippen LogP contribution < -0.4 is 5.19 Å². The first-order chi connectivity index (χ1) is 6.12. The van der Waals surface area contributed by atoms with Gasteiger partial charge in [0.25, 0.3) is 0 Å². The van der Waals surface area contributed by atoms with Gasteiger partial charge in [0.05, 0.1) is 0 Å². The summed E-state index contributed by atoms with van der Waals surface area (Å²) in [4.78, 5) is 0. The summed E-state index contributed by atoms with van der Waals surface area (Å²) >= 11 is 0. The van der Waals surface area contributed by atoms with Crippen LogP contribution in [0.4, 0.5) is 4.39 Å². The lowest BCUT2D eigenvalue weighted by Gasteiger charge is -2.22. The molecule has 0 unspecified atom stereocenters. The predicted octanol–water partition coefficient (Wildman–Crippen LogP) is 1.40. The van der Waals surface area contributed by atoms with Gasteiger partial charge in [0, 0.05) is 14.2 Å². The summed E-state index contributed by atoms with van der Waals surface area (Å²) in [6.45, 7) is 1.92. The van der Waals surface area contributed by atoms with Gasteiger partial charge in [-0.3, -0.25) is 0 Å². The fourth-order valence-corrected chi connectivity index (χ4v) is 2.48. The number of benzene rings is 1. The smallest absolute Gasteiger partial charge is 0.368 e. The molecule has 2 nitrogen and oxygen atoms in total. The minimum atomic E-state index is -2.26. The molecule has 0 N–H and O–H groups in total. The van der Waals surface area contributed by atoms with Crippen LogP contribution in [0, 0.1) is 5.82 Å². The molecule has 1 aromatic carbocycles. The molecule has 0 aliphatic rings. The zero-order chi connectivity index (χ0) is 9.90. The zero-order valence-corrected chi connectivity index (χ0v) is 9.00. The van der Waals surface area contributed by atoms with Crippen molar-refractivity contribution in [3.63, 3.8) is 0 Å². The number of halogens is 1. The standard InChI is InChI=1S/C9H13FO2Si/c1-11-13(3,12-2)9-6-4-8(10)5-7-9/h4-7H,1-3H3.